The SMILES string of the molecule is CC(=O)O[C@H]1C/C(C)=C\[C@@H]2OC(=O)C3(C)O[C@]23[C@H](OC(C)=O)[C@H]2[C@@H](C)[C@@H](O)C[C@H](OC(C)=O)[C@]2(C)[C@@H]1O. The zero-order valence-electron chi connectivity index (χ0n) is 22.2. The third-order valence-electron chi connectivity index (χ3n) is 8.78. The van der Waals surface area contributed by atoms with Crippen molar-refractivity contribution in [1.29, 1.82) is 0 Å². The Morgan fingerprint density at radius 3 is 2.16 bits per heavy atom. The first-order valence-electron chi connectivity index (χ1n) is 12.6. The van der Waals surface area contributed by atoms with Crippen molar-refractivity contribution in [2.24, 2.45) is 17.3 Å². The molecule has 2 N–H and O–H groups in total. The van der Waals surface area contributed by atoms with Crippen LogP contribution in [0.1, 0.15) is 61.3 Å². The van der Waals surface area contributed by atoms with Gasteiger partial charge in [0.2, 0.25) is 0 Å². The van der Waals surface area contributed by atoms with Gasteiger partial charge in [-0.25, -0.2) is 4.79 Å². The molecular weight excluding hydrogens is 488 g/mol. The highest BCUT2D eigenvalue weighted by atomic mass is 16.7. The third-order valence-corrected chi connectivity index (χ3v) is 8.78. The second-order valence-corrected chi connectivity index (χ2v) is 11.2. The molecule has 0 amide bonds. The van der Waals surface area contributed by atoms with Crippen molar-refractivity contribution < 1.29 is 53.1 Å². The van der Waals surface area contributed by atoms with Crippen LogP contribution in [0.3, 0.4) is 0 Å². The van der Waals surface area contributed by atoms with E-state index in [-0.39, 0.29) is 12.8 Å². The van der Waals surface area contributed by atoms with Crippen molar-refractivity contribution in [2.75, 3.05) is 0 Å². The fraction of sp³-hybridized carbons (Fsp3) is 0.769. The highest BCUT2D eigenvalue weighted by Gasteiger charge is 2.87. The number of aliphatic hydroxyl groups excluding tert-OH is 2. The molecule has 11 atom stereocenters. The van der Waals surface area contributed by atoms with E-state index in [9.17, 15) is 29.4 Å². The van der Waals surface area contributed by atoms with E-state index in [1.165, 1.54) is 20.8 Å². The van der Waals surface area contributed by atoms with Gasteiger partial charge >= 0.3 is 23.9 Å². The standard InChI is InChI=1S/C26H36O11/c1-11-8-17(33-13(3)27)21(31)24(6)18(34-14(4)28)10-16(30)12(2)20(24)22(35-15(5)29)26-19(9-11)36-23(32)25(26,7)37-26/h9,12,16-22,30-31H,8,10H2,1-7H3/b11-9-/t12-,16-,17-,18-,19-,20+,21+,22+,24-,25?,26-/m0/s1. The third kappa shape index (κ3) is 4.06. The van der Waals surface area contributed by atoms with E-state index in [2.05, 4.69) is 0 Å². The number of fused-ring (bicyclic) bond motifs is 1. The number of carbonyl (C=O) groups is 4. The van der Waals surface area contributed by atoms with Crippen LogP contribution in [0, 0.1) is 17.3 Å². The maximum Gasteiger partial charge on any atom is 0.342 e. The van der Waals surface area contributed by atoms with Gasteiger partial charge in [-0.1, -0.05) is 19.4 Å². The number of esters is 4. The normalized spacial score (nSPS) is 48.1. The maximum atomic E-state index is 12.9. The van der Waals surface area contributed by atoms with Crippen LogP contribution in [-0.2, 0) is 42.9 Å². The van der Waals surface area contributed by atoms with E-state index in [0.29, 0.717) is 5.57 Å². The predicted octanol–water partition coefficient (Wildman–Crippen LogP) is 0.969. The Balaban J connectivity index is 2.00. The van der Waals surface area contributed by atoms with Gasteiger partial charge in [0, 0.05) is 44.9 Å². The summed E-state index contributed by atoms with van der Waals surface area (Å²) in [4.78, 5) is 49.6. The van der Waals surface area contributed by atoms with Crippen molar-refractivity contribution >= 4 is 23.9 Å². The van der Waals surface area contributed by atoms with Crippen LogP contribution in [0.15, 0.2) is 11.6 Å². The summed E-state index contributed by atoms with van der Waals surface area (Å²) in [6.07, 6.45) is -4.97. The van der Waals surface area contributed by atoms with Gasteiger partial charge in [0.25, 0.3) is 0 Å². The van der Waals surface area contributed by atoms with Crippen molar-refractivity contribution in [2.45, 2.75) is 109 Å². The monoisotopic (exact) mass is 524 g/mol. The molecule has 2 heterocycles. The molecule has 0 aromatic rings. The minimum absolute atomic E-state index is 0.0107. The molecule has 37 heavy (non-hydrogen) atoms. The van der Waals surface area contributed by atoms with Gasteiger partial charge < -0.3 is 33.9 Å². The number of epoxide rings is 1. The summed E-state index contributed by atoms with van der Waals surface area (Å²) >= 11 is 0. The van der Waals surface area contributed by atoms with Gasteiger partial charge in [0.15, 0.2) is 17.3 Å². The van der Waals surface area contributed by atoms with Crippen LogP contribution >= 0.6 is 0 Å². The van der Waals surface area contributed by atoms with Crippen molar-refractivity contribution in [3.63, 3.8) is 0 Å². The second-order valence-electron chi connectivity index (χ2n) is 11.2. The van der Waals surface area contributed by atoms with Crippen LogP contribution in [0.4, 0.5) is 0 Å². The Hall–Kier alpha value is -2.50. The first-order valence-corrected chi connectivity index (χ1v) is 12.6. The number of aliphatic hydroxyl groups is 2. The lowest BCUT2D eigenvalue weighted by Crippen LogP contribution is -2.67. The summed E-state index contributed by atoms with van der Waals surface area (Å²) in [7, 11) is 0. The average Bonchev–Trinajstić information content (AvgIpc) is 3.36. The quantitative estimate of drug-likeness (QED) is 0.234. The van der Waals surface area contributed by atoms with Crippen LogP contribution in [-0.4, -0.2) is 81.9 Å². The number of carbonyl (C=O) groups excluding carboxylic acids is 4. The van der Waals surface area contributed by atoms with Crippen molar-refractivity contribution in [3.8, 4) is 0 Å². The largest absolute Gasteiger partial charge is 0.462 e. The van der Waals surface area contributed by atoms with Gasteiger partial charge in [-0.15, -0.1) is 0 Å². The Morgan fingerprint density at radius 1 is 1.03 bits per heavy atom. The number of rotatable bonds is 3. The zero-order valence-corrected chi connectivity index (χ0v) is 22.2. The molecule has 11 nitrogen and oxygen atoms in total. The molecule has 2 aliphatic heterocycles. The first-order chi connectivity index (χ1) is 17.1. The molecule has 1 unspecified atom stereocenters. The number of ether oxygens (including phenoxy) is 5. The van der Waals surface area contributed by atoms with Gasteiger partial charge in [-0.3, -0.25) is 14.4 Å². The van der Waals surface area contributed by atoms with E-state index in [1.807, 2.05) is 0 Å². The molecule has 4 rings (SSSR count). The topological polar surface area (TPSA) is 158 Å². The summed E-state index contributed by atoms with van der Waals surface area (Å²) in [5.41, 5.74) is -3.66. The molecule has 1 saturated carbocycles. The highest BCUT2D eigenvalue weighted by Crippen LogP contribution is 2.65. The summed E-state index contributed by atoms with van der Waals surface area (Å²) < 4.78 is 28.9. The predicted molar refractivity (Wildman–Crippen MR) is 125 cm³/mol. The van der Waals surface area contributed by atoms with E-state index in [0.717, 1.165) is 0 Å². The van der Waals surface area contributed by atoms with Crippen LogP contribution in [0.25, 0.3) is 0 Å². The number of hydrogen-bond donors (Lipinski definition) is 2. The lowest BCUT2D eigenvalue weighted by molar-refractivity contribution is -0.239. The average molecular weight is 525 g/mol. The lowest BCUT2D eigenvalue weighted by Gasteiger charge is -2.56. The molecule has 3 fully saturated rings. The first kappa shape index (κ1) is 27.5. The van der Waals surface area contributed by atoms with Crippen LogP contribution < -0.4 is 0 Å². The van der Waals surface area contributed by atoms with Gasteiger partial charge in [-0.05, 0) is 25.8 Å². The molecule has 2 saturated heterocycles. The smallest absolute Gasteiger partial charge is 0.342 e. The lowest BCUT2D eigenvalue weighted by atomic mass is 9.53. The van der Waals surface area contributed by atoms with E-state index >= 15 is 0 Å². The van der Waals surface area contributed by atoms with E-state index in [1.54, 1.807) is 33.8 Å². The Bertz CT molecular complexity index is 1040. The zero-order chi connectivity index (χ0) is 27.7. The Labute approximate surface area is 215 Å². The van der Waals surface area contributed by atoms with Crippen LogP contribution in [0.2, 0.25) is 0 Å². The van der Waals surface area contributed by atoms with E-state index in [4.69, 9.17) is 23.7 Å². The minimum Gasteiger partial charge on any atom is -0.462 e. The molecule has 2 aliphatic carbocycles. The molecule has 1 spiro atoms. The molecule has 206 valence electrons. The van der Waals surface area contributed by atoms with E-state index < -0.39 is 89.0 Å². The van der Waals surface area contributed by atoms with Crippen LogP contribution in [0.5, 0.6) is 0 Å². The molecule has 4 aliphatic rings. The minimum atomic E-state index is -1.44. The van der Waals surface area contributed by atoms with Gasteiger partial charge in [-0.2, -0.15) is 0 Å². The summed E-state index contributed by atoms with van der Waals surface area (Å²) in [6, 6.07) is 0. The fourth-order valence-electron chi connectivity index (χ4n) is 6.96. The summed E-state index contributed by atoms with van der Waals surface area (Å²) in [5.74, 6) is -4.10. The maximum absolute atomic E-state index is 12.9. The molecular formula is C26H36O11. The molecule has 0 radical (unpaired) electrons. The van der Waals surface area contributed by atoms with Crippen molar-refractivity contribution in [3.05, 3.63) is 11.6 Å². The molecule has 0 aromatic carbocycles. The Kier molecular flexibility index (Phi) is 6.74. The molecule has 0 bridgehead atoms. The molecule has 0 aromatic heterocycles. The van der Waals surface area contributed by atoms with Gasteiger partial charge in [0.1, 0.15) is 24.4 Å². The fourth-order valence-corrected chi connectivity index (χ4v) is 6.96. The summed E-state index contributed by atoms with van der Waals surface area (Å²) in [6.45, 7) is 10.3. The number of hydrogen-bond acceptors (Lipinski definition) is 11. The Morgan fingerprint density at radius 2 is 1.62 bits per heavy atom. The molecule has 11 heteroatoms. The second kappa shape index (κ2) is 9.06. The summed E-state index contributed by atoms with van der Waals surface area (Å²) in [5, 5.41) is 23.0. The van der Waals surface area contributed by atoms with Crippen molar-refractivity contribution in [1.82, 2.24) is 0 Å². The highest BCUT2D eigenvalue weighted by molar-refractivity contribution is 5.89. The van der Waals surface area contributed by atoms with Gasteiger partial charge in [0.05, 0.1) is 6.10 Å².